The van der Waals surface area contributed by atoms with E-state index in [9.17, 15) is 34.2 Å². The predicted octanol–water partition coefficient (Wildman–Crippen LogP) is 1.25. The van der Waals surface area contributed by atoms with Gasteiger partial charge in [0.2, 0.25) is 17.7 Å². The molecule has 0 saturated heterocycles. The molecule has 11 nitrogen and oxygen atoms in total. The van der Waals surface area contributed by atoms with Crippen molar-refractivity contribution in [3.8, 4) is 0 Å². The van der Waals surface area contributed by atoms with Crippen LogP contribution < -0.4 is 21.7 Å². The van der Waals surface area contributed by atoms with E-state index in [2.05, 4.69) is 16.0 Å². The molecule has 11 heteroatoms. The highest BCUT2D eigenvalue weighted by Gasteiger charge is 2.31. The summed E-state index contributed by atoms with van der Waals surface area (Å²) in [5.74, 6) is -4.74. The van der Waals surface area contributed by atoms with Crippen LogP contribution in [0.3, 0.4) is 0 Å². The van der Waals surface area contributed by atoms with Gasteiger partial charge in [-0.1, -0.05) is 80.9 Å². The van der Waals surface area contributed by atoms with Gasteiger partial charge in [-0.3, -0.25) is 19.2 Å². The number of hydrogen-bond acceptors (Lipinski definition) is 6. The SMILES string of the molecule is CCC(C)C(N)C(=O)NC(Cc1ccccc1)C(=O)NC(CCC(=O)O)C(=O)NC(Cc1ccccc1)C(=O)O. The number of rotatable bonds is 16. The van der Waals surface area contributed by atoms with Gasteiger partial charge < -0.3 is 31.9 Å². The van der Waals surface area contributed by atoms with Gasteiger partial charge in [0, 0.05) is 19.3 Å². The number of nitrogens with two attached hydrogens (primary N) is 1. The number of carboxylic acid groups (broad SMARTS) is 2. The number of aliphatic carboxylic acids is 2. The fraction of sp³-hybridized carbons (Fsp3) is 0.414. The van der Waals surface area contributed by atoms with Crippen molar-refractivity contribution in [2.45, 2.75) is 70.1 Å². The molecular weight excluding hydrogens is 516 g/mol. The second-order valence-electron chi connectivity index (χ2n) is 9.74. The van der Waals surface area contributed by atoms with Crippen molar-refractivity contribution in [2.75, 3.05) is 0 Å². The smallest absolute Gasteiger partial charge is 0.326 e. The van der Waals surface area contributed by atoms with E-state index in [1.54, 1.807) is 60.7 Å². The lowest BCUT2D eigenvalue weighted by molar-refractivity contribution is -0.143. The standard InChI is InChI=1S/C29H38N4O7/c1-3-18(2)25(30)28(38)32-22(16-19-10-6-4-7-11-19)27(37)31-21(14-15-24(34)35)26(36)33-23(29(39)40)17-20-12-8-5-9-13-20/h4-13,18,21-23,25H,3,14-17,30H2,1-2H3,(H,31,37)(H,32,38)(H,33,36)(H,34,35)(H,39,40). The molecule has 3 amide bonds. The van der Waals surface area contributed by atoms with Crippen molar-refractivity contribution in [1.29, 1.82) is 0 Å². The molecule has 2 aromatic rings. The lowest BCUT2D eigenvalue weighted by atomic mass is 9.98. The van der Waals surface area contributed by atoms with Crippen molar-refractivity contribution < 1.29 is 34.2 Å². The Balaban J connectivity index is 2.24. The minimum absolute atomic E-state index is 0.0122. The van der Waals surface area contributed by atoms with E-state index in [0.717, 1.165) is 5.56 Å². The number of amides is 3. The molecule has 0 bridgehead atoms. The first-order valence-electron chi connectivity index (χ1n) is 13.2. The molecule has 0 saturated carbocycles. The largest absolute Gasteiger partial charge is 0.481 e. The van der Waals surface area contributed by atoms with Crippen molar-refractivity contribution in [2.24, 2.45) is 11.7 Å². The van der Waals surface area contributed by atoms with E-state index >= 15 is 0 Å². The van der Waals surface area contributed by atoms with E-state index in [1.807, 2.05) is 13.8 Å². The van der Waals surface area contributed by atoms with Gasteiger partial charge >= 0.3 is 11.9 Å². The lowest BCUT2D eigenvalue weighted by Crippen LogP contribution is -2.58. The number of benzene rings is 2. The molecule has 5 atom stereocenters. The van der Waals surface area contributed by atoms with Crippen molar-refractivity contribution >= 4 is 29.7 Å². The summed E-state index contributed by atoms with van der Waals surface area (Å²) in [5.41, 5.74) is 7.47. The third kappa shape index (κ3) is 10.5. The van der Waals surface area contributed by atoms with Gasteiger partial charge in [-0.25, -0.2) is 4.79 Å². The zero-order valence-corrected chi connectivity index (χ0v) is 22.7. The molecule has 216 valence electrons. The fourth-order valence-electron chi connectivity index (χ4n) is 3.97. The minimum atomic E-state index is -1.36. The first-order chi connectivity index (χ1) is 19.0. The van der Waals surface area contributed by atoms with Gasteiger partial charge in [0.05, 0.1) is 6.04 Å². The summed E-state index contributed by atoms with van der Waals surface area (Å²) in [6.07, 6.45) is -0.0198. The van der Waals surface area contributed by atoms with Crippen LogP contribution in [0, 0.1) is 5.92 Å². The third-order valence-electron chi connectivity index (χ3n) is 6.65. The highest BCUT2D eigenvalue weighted by molar-refractivity contribution is 5.94. The topological polar surface area (TPSA) is 188 Å². The Morgan fingerprint density at radius 2 is 1.18 bits per heavy atom. The zero-order valence-electron chi connectivity index (χ0n) is 22.7. The van der Waals surface area contributed by atoms with Crippen LogP contribution in [0.2, 0.25) is 0 Å². The van der Waals surface area contributed by atoms with Crippen LogP contribution in [0.25, 0.3) is 0 Å². The van der Waals surface area contributed by atoms with Crippen molar-refractivity contribution in [1.82, 2.24) is 16.0 Å². The van der Waals surface area contributed by atoms with Crippen LogP contribution >= 0.6 is 0 Å². The number of carboxylic acids is 2. The third-order valence-corrected chi connectivity index (χ3v) is 6.65. The molecule has 7 N–H and O–H groups in total. The highest BCUT2D eigenvalue weighted by atomic mass is 16.4. The maximum absolute atomic E-state index is 13.4. The van der Waals surface area contributed by atoms with Gasteiger partial charge in [-0.15, -0.1) is 0 Å². The van der Waals surface area contributed by atoms with Crippen LogP contribution in [-0.4, -0.2) is 64.0 Å². The fourth-order valence-corrected chi connectivity index (χ4v) is 3.97. The maximum atomic E-state index is 13.4. The zero-order chi connectivity index (χ0) is 29.7. The summed E-state index contributed by atoms with van der Waals surface area (Å²) in [7, 11) is 0. The molecule has 0 fully saturated rings. The Labute approximate surface area is 233 Å². The first kappa shape index (κ1) is 32.0. The number of hydrogen-bond donors (Lipinski definition) is 6. The second-order valence-corrected chi connectivity index (χ2v) is 9.74. The molecule has 0 radical (unpaired) electrons. The molecule has 0 aliphatic rings. The summed E-state index contributed by atoms with van der Waals surface area (Å²) in [6, 6.07) is 12.9. The molecule has 40 heavy (non-hydrogen) atoms. The maximum Gasteiger partial charge on any atom is 0.326 e. The second kappa shape index (κ2) is 16.0. The van der Waals surface area contributed by atoms with Crippen LogP contribution in [-0.2, 0) is 36.8 Å². The minimum Gasteiger partial charge on any atom is -0.481 e. The Morgan fingerprint density at radius 3 is 1.65 bits per heavy atom. The molecule has 0 aliphatic carbocycles. The van der Waals surface area contributed by atoms with E-state index in [4.69, 9.17) is 5.73 Å². The summed E-state index contributed by atoms with van der Waals surface area (Å²) in [5, 5.41) is 26.5. The van der Waals surface area contributed by atoms with Crippen molar-refractivity contribution in [3.05, 3.63) is 71.8 Å². The molecule has 0 aliphatic heterocycles. The van der Waals surface area contributed by atoms with Crippen LogP contribution in [0.4, 0.5) is 0 Å². The van der Waals surface area contributed by atoms with E-state index in [0.29, 0.717) is 12.0 Å². The normalized spacial score (nSPS) is 14.6. The highest BCUT2D eigenvalue weighted by Crippen LogP contribution is 2.10. The Hall–Kier alpha value is -4.25. The molecule has 0 heterocycles. The Kier molecular flexibility index (Phi) is 12.8. The summed E-state index contributed by atoms with van der Waals surface area (Å²) >= 11 is 0. The Morgan fingerprint density at radius 1 is 0.725 bits per heavy atom. The van der Waals surface area contributed by atoms with E-state index < -0.39 is 60.2 Å². The first-order valence-corrected chi connectivity index (χ1v) is 13.2. The molecular formula is C29H38N4O7. The molecule has 5 unspecified atom stereocenters. The van der Waals surface area contributed by atoms with E-state index in [1.165, 1.54) is 0 Å². The molecule has 0 spiro atoms. The van der Waals surface area contributed by atoms with Gasteiger partial charge in [0.15, 0.2) is 0 Å². The molecule has 2 rings (SSSR count). The van der Waals surface area contributed by atoms with E-state index in [-0.39, 0.29) is 25.2 Å². The number of nitrogens with one attached hydrogen (secondary N) is 3. The monoisotopic (exact) mass is 554 g/mol. The van der Waals surface area contributed by atoms with Crippen LogP contribution in [0.15, 0.2) is 60.7 Å². The average Bonchev–Trinajstić information content (AvgIpc) is 2.94. The quantitative estimate of drug-likeness (QED) is 0.179. The average molecular weight is 555 g/mol. The summed E-state index contributed by atoms with van der Waals surface area (Å²) in [6.45, 7) is 3.71. The van der Waals surface area contributed by atoms with Gasteiger partial charge in [0.1, 0.15) is 18.1 Å². The van der Waals surface area contributed by atoms with Gasteiger partial charge in [0.25, 0.3) is 0 Å². The number of carbonyl (C=O) groups excluding carboxylic acids is 3. The lowest BCUT2D eigenvalue weighted by Gasteiger charge is -2.26. The summed E-state index contributed by atoms with van der Waals surface area (Å²) < 4.78 is 0. The van der Waals surface area contributed by atoms with Crippen molar-refractivity contribution in [3.63, 3.8) is 0 Å². The number of carbonyl (C=O) groups is 5. The molecule has 0 aromatic heterocycles. The van der Waals surface area contributed by atoms with Crippen LogP contribution in [0.5, 0.6) is 0 Å². The molecule has 2 aromatic carbocycles. The van der Waals surface area contributed by atoms with Gasteiger partial charge in [-0.2, -0.15) is 0 Å². The van der Waals surface area contributed by atoms with Crippen LogP contribution in [0.1, 0.15) is 44.2 Å². The Bertz CT molecular complexity index is 1140. The predicted molar refractivity (Wildman–Crippen MR) is 148 cm³/mol. The van der Waals surface area contributed by atoms with Gasteiger partial charge in [-0.05, 0) is 23.5 Å². The summed E-state index contributed by atoms with van der Waals surface area (Å²) in [4.78, 5) is 62.5.